The second-order valence-electron chi connectivity index (χ2n) is 10.9. The van der Waals surface area contributed by atoms with E-state index in [4.69, 9.17) is 13.7 Å². The van der Waals surface area contributed by atoms with Crippen LogP contribution in [0.15, 0.2) is 94.7 Å². The number of hydrogen-bond donors (Lipinski definition) is 2. The molecule has 1 heterocycles. The van der Waals surface area contributed by atoms with Gasteiger partial charge in [-0.25, -0.2) is 4.79 Å². The minimum Gasteiger partial charge on any atom is -0.457 e. The summed E-state index contributed by atoms with van der Waals surface area (Å²) in [6.45, 7) is 7.28. The number of aliphatic hydroxyl groups is 1. The third kappa shape index (κ3) is 8.21. The number of thioether (sulfide) groups is 1. The van der Waals surface area contributed by atoms with Crippen molar-refractivity contribution in [3.05, 3.63) is 96.1 Å². The first-order chi connectivity index (χ1) is 20.0. The van der Waals surface area contributed by atoms with E-state index in [1.807, 2.05) is 64.1 Å². The molecule has 1 aliphatic rings. The first-order valence-electron chi connectivity index (χ1n) is 14.0. The van der Waals surface area contributed by atoms with Gasteiger partial charge in [0.25, 0.3) is 10.1 Å². The maximum Gasteiger partial charge on any atom is 0.338 e. The van der Waals surface area contributed by atoms with E-state index in [-0.39, 0.29) is 30.1 Å². The number of carbonyl (C=O) groups is 1. The summed E-state index contributed by atoms with van der Waals surface area (Å²) >= 11 is 1.53. The molecule has 0 aromatic heterocycles. The van der Waals surface area contributed by atoms with Gasteiger partial charge in [-0.15, -0.1) is 0 Å². The van der Waals surface area contributed by atoms with Gasteiger partial charge >= 0.3 is 5.97 Å². The molecule has 1 saturated heterocycles. The monoisotopic (exact) mass is 613 g/mol. The topological polar surface area (TPSA) is 111 Å². The van der Waals surface area contributed by atoms with Gasteiger partial charge in [0.2, 0.25) is 0 Å². The minimum atomic E-state index is -3.95. The van der Waals surface area contributed by atoms with Gasteiger partial charge in [0.05, 0.1) is 35.9 Å². The second-order valence-corrected chi connectivity index (χ2v) is 14.1. The van der Waals surface area contributed by atoms with Crippen LogP contribution in [0.1, 0.15) is 43.1 Å². The standard InChI is InChI=1S/C32H39NO7S2/c1-22-15-17-27(18-16-22)42(36,37)38-20-23(2)24(3)30-29(33-21-34)28(39-31(35)25-11-7-5-8-12-25)19-32(4,40-30)41-26-13-9-6-10-14-26/h5-18,23-24,28-30,33-34H,19-21H2,1-4H3/t23-,24-,28-,29-,30?,32+/m1/s1. The molecule has 0 radical (unpaired) electrons. The highest BCUT2D eigenvalue weighted by Gasteiger charge is 2.49. The highest BCUT2D eigenvalue weighted by atomic mass is 32.2. The number of esters is 1. The van der Waals surface area contributed by atoms with E-state index in [2.05, 4.69) is 5.32 Å². The number of ether oxygens (including phenoxy) is 2. The number of aliphatic hydroxyl groups excluding tert-OH is 1. The fourth-order valence-corrected chi connectivity index (χ4v) is 7.24. The van der Waals surface area contributed by atoms with Gasteiger partial charge in [0.1, 0.15) is 11.0 Å². The normalized spacial score (nSPS) is 24.1. The Hall–Kier alpha value is -2.73. The van der Waals surface area contributed by atoms with Crippen LogP contribution in [0.25, 0.3) is 0 Å². The largest absolute Gasteiger partial charge is 0.457 e. The Kier molecular flexibility index (Phi) is 10.9. The van der Waals surface area contributed by atoms with E-state index in [1.165, 1.54) is 23.9 Å². The quantitative estimate of drug-likeness (QED) is 0.158. The number of benzene rings is 3. The molecule has 1 fully saturated rings. The van der Waals surface area contributed by atoms with Crippen molar-refractivity contribution >= 4 is 27.8 Å². The van der Waals surface area contributed by atoms with Crippen molar-refractivity contribution < 1.29 is 32.0 Å². The molecule has 6 atom stereocenters. The van der Waals surface area contributed by atoms with Gasteiger partial charge in [-0.2, -0.15) is 8.42 Å². The molecular weight excluding hydrogens is 574 g/mol. The zero-order valence-electron chi connectivity index (χ0n) is 24.3. The van der Waals surface area contributed by atoms with Crippen molar-refractivity contribution in [3.63, 3.8) is 0 Å². The highest BCUT2D eigenvalue weighted by molar-refractivity contribution is 8.00. The first kappa shape index (κ1) is 32.2. The summed E-state index contributed by atoms with van der Waals surface area (Å²) < 4.78 is 44.1. The van der Waals surface area contributed by atoms with E-state index >= 15 is 0 Å². The summed E-state index contributed by atoms with van der Waals surface area (Å²) in [5.41, 5.74) is 1.38. The summed E-state index contributed by atoms with van der Waals surface area (Å²) in [5, 5.41) is 13.0. The van der Waals surface area contributed by atoms with Crippen molar-refractivity contribution in [1.29, 1.82) is 0 Å². The van der Waals surface area contributed by atoms with Crippen LogP contribution in [0.4, 0.5) is 0 Å². The maximum absolute atomic E-state index is 13.2. The number of hydrogen-bond acceptors (Lipinski definition) is 9. The van der Waals surface area contributed by atoms with Gasteiger partial charge in [-0.3, -0.25) is 9.50 Å². The summed E-state index contributed by atoms with van der Waals surface area (Å²) in [5.74, 6) is -0.991. The Morgan fingerprint density at radius 2 is 1.67 bits per heavy atom. The van der Waals surface area contributed by atoms with Crippen LogP contribution in [-0.2, 0) is 23.8 Å². The average Bonchev–Trinajstić information content (AvgIpc) is 2.98. The highest BCUT2D eigenvalue weighted by Crippen LogP contribution is 2.45. The second kappa shape index (κ2) is 14.2. The van der Waals surface area contributed by atoms with Crippen molar-refractivity contribution in [2.24, 2.45) is 11.8 Å². The molecule has 8 nitrogen and oxygen atoms in total. The van der Waals surface area contributed by atoms with E-state index in [0.717, 1.165) is 10.5 Å². The number of rotatable bonds is 12. The van der Waals surface area contributed by atoms with E-state index in [9.17, 15) is 18.3 Å². The third-order valence-corrected chi connectivity index (χ3v) is 10.1. The Balaban J connectivity index is 1.58. The lowest BCUT2D eigenvalue weighted by molar-refractivity contribution is -0.156. The molecule has 3 aromatic carbocycles. The Labute approximate surface area is 252 Å². The zero-order chi connectivity index (χ0) is 30.3. The molecular formula is C32H39NO7S2. The van der Waals surface area contributed by atoms with Gasteiger partial charge in [-0.1, -0.05) is 79.7 Å². The summed E-state index contributed by atoms with van der Waals surface area (Å²) in [4.78, 5) is 13.5. The number of nitrogens with one attached hydrogen (secondary N) is 1. The van der Waals surface area contributed by atoms with Gasteiger partial charge in [0.15, 0.2) is 0 Å². The van der Waals surface area contributed by atoms with Crippen LogP contribution >= 0.6 is 11.8 Å². The number of carbonyl (C=O) groups excluding carboxylic acids is 1. The summed E-state index contributed by atoms with van der Waals surface area (Å²) in [6.07, 6.45) is -0.836. The van der Waals surface area contributed by atoms with Crippen LogP contribution in [0.2, 0.25) is 0 Å². The molecule has 2 N–H and O–H groups in total. The van der Waals surface area contributed by atoms with Crippen LogP contribution < -0.4 is 5.32 Å². The molecule has 0 aliphatic carbocycles. The van der Waals surface area contributed by atoms with E-state index in [0.29, 0.717) is 12.0 Å². The molecule has 3 aromatic rings. The third-order valence-electron chi connectivity index (χ3n) is 7.60. The zero-order valence-corrected chi connectivity index (χ0v) is 25.9. The van der Waals surface area contributed by atoms with E-state index in [1.54, 1.807) is 36.4 Å². The van der Waals surface area contributed by atoms with Gasteiger partial charge in [-0.05, 0) is 62.1 Å². The molecule has 226 valence electrons. The molecule has 1 unspecified atom stereocenters. The average molecular weight is 614 g/mol. The Morgan fingerprint density at radius 3 is 2.29 bits per heavy atom. The lowest BCUT2D eigenvalue weighted by Gasteiger charge is -2.49. The minimum absolute atomic E-state index is 0.0694. The molecule has 0 spiro atoms. The van der Waals surface area contributed by atoms with E-state index < -0.39 is 39.3 Å². The van der Waals surface area contributed by atoms with Crippen molar-refractivity contribution in [2.45, 2.75) is 67.1 Å². The molecule has 0 amide bonds. The lowest BCUT2D eigenvalue weighted by Crippen LogP contribution is -2.62. The molecule has 0 bridgehead atoms. The van der Waals surface area contributed by atoms with Gasteiger partial charge in [0, 0.05) is 11.3 Å². The van der Waals surface area contributed by atoms with Crippen molar-refractivity contribution in [1.82, 2.24) is 5.32 Å². The number of aryl methyl sites for hydroxylation is 1. The maximum atomic E-state index is 13.2. The fraction of sp³-hybridized carbons (Fsp3) is 0.406. The van der Waals surface area contributed by atoms with Crippen LogP contribution in [0.3, 0.4) is 0 Å². The SMILES string of the molecule is Cc1ccc(S(=O)(=O)OC[C@@H](C)[C@@H](C)C2O[C@@](C)(Sc3ccccc3)C[C@@H](OC(=O)c3ccccc3)[C@H]2NCO)cc1. The Morgan fingerprint density at radius 1 is 1.05 bits per heavy atom. The molecule has 4 rings (SSSR count). The molecule has 1 aliphatic heterocycles. The molecule has 42 heavy (non-hydrogen) atoms. The molecule has 0 saturated carbocycles. The first-order valence-corrected chi connectivity index (χ1v) is 16.2. The predicted molar refractivity (Wildman–Crippen MR) is 162 cm³/mol. The molecule has 10 heteroatoms. The fourth-order valence-electron chi connectivity index (χ4n) is 5.04. The lowest BCUT2D eigenvalue weighted by atomic mass is 9.82. The smallest absolute Gasteiger partial charge is 0.338 e. The van der Waals surface area contributed by atoms with Crippen LogP contribution in [0, 0.1) is 18.8 Å². The Bertz CT molecular complexity index is 1400. The predicted octanol–water partition coefficient (Wildman–Crippen LogP) is 5.40. The van der Waals surface area contributed by atoms with Crippen molar-refractivity contribution in [2.75, 3.05) is 13.3 Å². The summed E-state index contributed by atoms with van der Waals surface area (Å²) in [7, 11) is -3.95. The van der Waals surface area contributed by atoms with Crippen LogP contribution in [0.5, 0.6) is 0 Å². The van der Waals surface area contributed by atoms with Gasteiger partial charge < -0.3 is 14.6 Å². The summed E-state index contributed by atoms with van der Waals surface area (Å²) in [6, 6.07) is 24.6. The van der Waals surface area contributed by atoms with Crippen LogP contribution in [-0.4, -0.2) is 56.0 Å². The van der Waals surface area contributed by atoms with Crippen molar-refractivity contribution in [3.8, 4) is 0 Å².